The number of rotatable bonds is 4. The van der Waals surface area contributed by atoms with Crippen LogP contribution in [0.2, 0.25) is 0 Å². The van der Waals surface area contributed by atoms with Gasteiger partial charge in [-0.15, -0.1) is 11.8 Å². The van der Waals surface area contributed by atoms with Crippen LogP contribution in [0, 0.1) is 0 Å². The molecule has 0 aliphatic rings. The Hall–Kier alpha value is -1.56. The number of hydrogen-bond acceptors (Lipinski definition) is 5. The monoisotopic (exact) mass is 235 g/mol. The first kappa shape index (κ1) is 10.9. The van der Waals surface area contributed by atoms with Crippen molar-refractivity contribution in [2.24, 2.45) is 7.05 Å². The van der Waals surface area contributed by atoms with Gasteiger partial charge in [-0.1, -0.05) is 0 Å². The van der Waals surface area contributed by atoms with Gasteiger partial charge in [0.1, 0.15) is 17.2 Å². The maximum Gasteiger partial charge on any atom is 0.130 e. The normalized spacial score (nSPS) is 10.4. The van der Waals surface area contributed by atoms with Crippen molar-refractivity contribution in [1.29, 1.82) is 0 Å². The summed E-state index contributed by atoms with van der Waals surface area (Å²) in [5.41, 5.74) is 1.13. The first-order valence-electron chi connectivity index (χ1n) is 4.85. The van der Waals surface area contributed by atoms with Gasteiger partial charge in [0, 0.05) is 31.4 Å². The minimum Gasteiger partial charge on any atom is -0.366 e. The van der Waals surface area contributed by atoms with E-state index in [1.165, 1.54) is 0 Å². The number of nitrogens with one attached hydrogen (secondary N) is 1. The fourth-order valence-electron chi connectivity index (χ4n) is 1.30. The molecular weight excluding hydrogens is 222 g/mol. The zero-order valence-electron chi connectivity index (χ0n) is 9.21. The Labute approximate surface area is 98.3 Å². The maximum atomic E-state index is 4.15. The first-order valence-corrected chi connectivity index (χ1v) is 6.08. The van der Waals surface area contributed by atoms with Crippen LogP contribution in [0.3, 0.4) is 0 Å². The molecule has 2 aromatic heterocycles. The van der Waals surface area contributed by atoms with Gasteiger partial charge in [0.25, 0.3) is 0 Å². The second-order valence-corrected chi connectivity index (χ2v) is 4.15. The van der Waals surface area contributed by atoms with Crippen molar-refractivity contribution >= 4 is 17.6 Å². The van der Waals surface area contributed by atoms with E-state index >= 15 is 0 Å². The maximum absolute atomic E-state index is 4.15. The predicted octanol–water partition coefficient (Wildman–Crippen LogP) is 1.54. The average Bonchev–Trinajstić information content (AvgIpc) is 2.73. The van der Waals surface area contributed by atoms with Gasteiger partial charge in [0.05, 0.1) is 6.20 Å². The van der Waals surface area contributed by atoms with Crippen molar-refractivity contribution in [3.63, 3.8) is 0 Å². The standard InChI is InChI=1S/C10H13N5S/c1-15-6-8(5-14-15)4-11-9-3-10(16-2)13-7-12-9/h3,5-7H,4H2,1-2H3,(H,11,12,13). The third kappa shape index (κ3) is 2.73. The number of nitrogens with zero attached hydrogens (tertiary/aromatic N) is 4. The van der Waals surface area contributed by atoms with Gasteiger partial charge < -0.3 is 5.32 Å². The summed E-state index contributed by atoms with van der Waals surface area (Å²) in [6.45, 7) is 0.721. The summed E-state index contributed by atoms with van der Waals surface area (Å²) in [6.07, 6.45) is 7.37. The molecule has 2 aromatic rings. The zero-order chi connectivity index (χ0) is 11.4. The molecule has 0 unspecified atom stereocenters. The lowest BCUT2D eigenvalue weighted by Gasteiger charge is -2.03. The summed E-state index contributed by atoms with van der Waals surface area (Å²) >= 11 is 1.60. The average molecular weight is 235 g/mol. The van der Waals surface area contributed by atoms with E-state index in [2.05, 4.69) is 20.4 Å². The number of hydrogen-bond donors (Lipinski definition) is 1. The van der Waals surface area contributed by atoms with Crippen LogP contribution in [0.4, 0.5) is 5.82 Å². The minimum atomic E-state index is 0.721. The summed E-state index contributed by atoms with van der Waals surface area (Å²) in [5, 5.41) is 8.30. The van der Waals surface area contributed by atoms with Crippen molar-refractivity contribution in [3.8, 4) is 0 Å². The molecule has 0 saturated carbocycles. The van der Waals surface area contributed by atoms with Gasteiger partial charge in [-0.05, 0) is 6.26 Å². The van der Waals surface area contributed by atoms with Gasteiger partial charge in [0.2, 0.25) is 0 Å². The smallest absolute Gasteiger partial charge is 0.130 e. The second kappa shape index (κ2) is 4.98. The van der Waals surface area contributed by atoms with E-state index in [-0.39, 0.29) is 0 Å². The first-order chi connectivity index (χ1) is 7.78. The SMILES string of the molecule is CSc1cc(NCc2cnn(C)c2)ncn1. The quantitative estimate of drug-likeness (QED) is 0.643. The van der Waals surface area contributed by atoms with Crippen LogP contribution >= 0.6 is 11.8 Å². The Kier molecular flexibility index (Phi) is 3.40. The highest BCUT2D eigenvalue weighted by atomic mass is 32.2. The molecule has 5 nitrogen and oxygen atoms in total. The number of aryl methyl sites for hydroxylation is 1. The van der Waals surface area contributed by atoms with Gasteiger partial charge in [0.15, 0.2) is 0 Å². The highest BCUT2D eigenvalue weighted by molar-refractivity contribution is 7.98. The fraction of sp³-hybridized carbons (Fsp3) is 0.300. The van der Waals surface area contributed by atoms with Crippen LogP contribution in [0.15, 0.2) is 29.8 Å². The fourth-order valence-corrected chi connectivity index (χ4v) is 1.69. The molecule has 0 bridgehead atoms. The third-order valence-electron chi connectivity index (χ3n) is 2.08. The molecule has 0 saturated heterocycles. The van der Waals surface area contributed by atoms with Gasteiger partial charge in [-0.25, -0.2) is 9.97 Å². The van der Waals surface area contributed by atoms with Crippen molar-refractivity contribution in [3.05, 3.63) is 30.4 Å². The highest BCUT2D eigenvalue weighted by Gasteiger charge is 1.99. The van der Waals surface area contributed by atoms with Crippen molar-refractivity contribution in [2.75, 3.05) is 11.6 Å². The number of aromatic nitrogens is 4. The van der Waals surface area contributed by atoms with E-state index in [1.807, 2.05) is 31.8 Å². The van der Waals surface area contributed by atoms with Gasteiger partial charge >= 0.3 is 0 Å². The van der Waals surface area contributed by atoms with E-state index in [1.54, 1.807) is 22.8 Å². The molecule has 0 aliphatic carbocycles. The Morgan fingerprint density at radius 3 is 3.00 bits per heavy atom. The molecule has 6 heteroatoms. The van der Waals surface area contributed by atoms with Crippen molar-refractivity contribution in [1.82, 2.24) is 19.7 Å². The lowest BCUT2D eigenvalue weighted by Crippen LogP contribution is -2.01. The molecule has 2 heterocycles. The molecule has 0 amide bonds. The summed E-state index contributed by atoms with van der Waals surface area (Å²) in [6, 6.07) is 1.93. The summed E-state index contributed by atoms with van der Waals surface area (Å²) in [5.74, 6) is 0.836. The molecule has 0 radical (unpaired) electrons. The van der Waals surface area contributed by atoms with E-state index < -0.39 is 0 Å². The minimum absolute atomic E-state index is 0.721. The van der Waals surface area contributed by atoms with E-state index in [0.717, 1.165) is 23.0 Å². The van der Waals surface area contributed by atoms with Crippen molar-refractivity contribution in [2.45, 2.75) is 11.6 Å². The summed E-state index contributed by atoms with van der Waals surface area (Å²) in [7, 11) is 1.90. The van der Waals surface area contributed by atoms with E-state index in [9.17, 15) is 0 Å². The topological polar surface area (TPSA) is 55.6 Å². The number of thioether (sulfide) groups is 1. The largest absolute Gasteiger partial charge is 0.366 e. The molecule has 0 spiro atoms. The third-order valence-corrected chi connectivity index (χ3v) is 2.72. The Balaban J connectivity index is 1.99. The summed E-state index contributed by atoms with van der Waals surface area (Å²) in [4.78, 5) is 8.26. The van der Waals surface area contributed by atoms with Crippen LogP contribution in [0.5, 0.6) is 0 Å². The van der Waals surface area contributed by atoms with Crippen LogP contribution in [-0.4, -0.2) is 26.0 Å². The zero-order valence-corrected chi connectivity index (χ0v) is 10.0. The molecule has 0 aromatic carbocycles. The molecule has 1 N–H and O–H groups in total. The molecule has 16 heavy (non-hydrogen) atoms. The highest BCUT2D eigenvalue weighted by Crippen LogP contribution is 2.14. The van der Waals surface area contributed by atoms with Crippen LogP contribution < -0.4 is 5.32 Å². The summed E-state index contributed by atoms with van der Waals surface area (Å²) < 4.78 is 1.78. The molecule has 0 fully saturated rings. The lowest BCUT2D eigenvalue weighted by atomic mass is 10.3. The van der Waals surface area contributed by atoms with Crippen LogP contribution in [-0.2, 0) is 13.6 Å². The van der Waals surface area contributed by atoms with Gasteiger partial charge in [-0.3, -0.25) is 4.68 Å². The lowest BCUT2D eigenvalue weighted by molar-refractivity contribution is 0.767. The second-order valence-electron chi connectivity index (χ2n) is 3.32. The van der Waals surface area contributed by atoms with E-state index in [0.29, 0.717) is 0 Å². The molecule has 84 valence electrons. The van der Waals surface area contributed by atoms with Crippen LogP contribution in [0.1, 0.15) is 5.56 Å². The van der Waals surface area contributed by atoms with Gasteiger partial charge in [-0.2, -0.15) is 5.10 Å². The molecule has 0 aliphatic heterocycles. The predicted molar refractivity (Wildman–Crippen MR) is 64.3 cm³/mol. The molecule has 0 atom stereocenters. The molecular formula is C10H13N5S. The van der Waals surface area contributed by atoms with E-state index in [4.69, 9.17) is 0 Å². The Morgan fingerprint density at radius 1 is 1.44 bits per heavy atom. The Morgan fingerprint density at radius 2 is 2.31 bits per heavy atom. The van der Waals surface area contributed by atoms with Crippen LogP contribution in [0.25, 0.3) is 0 Å². The molecule has 2 rings (SSSR count). The van der Waals surface area contributed by atoms with Crippen molar-refractivity contribution < 1.29 is 0 Å². The Bertz CT molecular complexity index is 468. The number of anilines is 1.